The molecule has 92 valence electrons. The van der Waals surface area contributed by atoms with Crippen molar-refractivity contribution in [3.05, 3.63) is 53.6 Å². The van der Waals surface area contributed by atoms with Crippen molar-refractivity contribution in [3.63, 3.8) is 0 Å². The van der Waals surface area contributed by atoms with Crippen LogP contribution in [0.2, 0.25) is 0 Å². The van der Waals surface area contributed by atoms with Gasteiger partial charge >= 0.3 is 0 Å². The molecular weight excluding hydrogens is 226 g/mol. The molecule has 0 fully saturated rings. The Bertz CT molecular complexity index is 593. The van der Waals surface area contributed by atoms with Crippen LogP contribution in [0, 0.1) is 11.3 Å². The number of hydrogen-bond acceptors (Lipinski definition) is 3. The van der Waals surface area contributed by atoms with Crippen LogP contribution in [0.3, 0.4) is 0 Å². The van der Waals surface area contributed by atoms with E-state index in [0.29, 0.717) is 12.0 Å². The molecule has 1 heterocycles. The molecule has 0 bridgehead atoms. The predicted molar refractivity (Wildman–Crippen MR) is 67.6 cm³/mol. The van der Waals surface area contributed by atoms with Gasteiger partial charge in [-0.3, -0.25) is 0 Å². The first-order valence-corrected chi connectivity index (χ1v) is 5.72. The van der Waals surface area contributed by atoms with E-state index in [1.165, 1.54) is 0 Å². The Balaban J connectivity index is 2.30. The number of benzene rings is 1. The van der Waals surface area contributed by atoms with Crippen molar-refractivity contribution >= 4 is 0 Å². The highest BCUT2D eigenvalue weighted by atomic mass is 16.3. The van der Waals surface area contributed by atoms with E-state index in [1.807, 2.05) is 23.9 Å². The van der Waals surface area contributed by atoms with Gasteiger partial charge in [0.2, 0.25) is 0 Å². The van der Waals surface area contributed by atoms with E-state index in [2.05, 4.69) is 11.1 Å². The van der Waals surface area contributed by atoms with Crippen LogP contribution in [0.1, 0.15) is 23.9 Å². The molecule has 1 N–H and O–H groups in total. The van der Waals surface area contributed by atoms with Crippen LogP contribution in [-0.2, 0) is 19.1 Å². The first kappa shape index (κ1) is 12.3. The summed E-state index contributed by atoms with van der Waals surface area (Å²) in [6, 6.07) is 9.11. The van der Waals surface area contributed by atoms with Gasteiger partial charge in [-0.2, -0.15) is 5.26 Å². The van der Waals surface area contributed by atoms with E-state index in [-0.39, 0.29) is 0 Å². The second-order valence-electron chi connectivity index (χ2n) is 4.60. The largest absolute Gasteiger partial charge is 0.385 e. The molecule has 1 unspecified atom stereocenters. The van der Waals surface area contributed by atoms with Crippen molar-refractivity contribution in [2.75, 3.05) is 0 Å². The highest BCUT2D eigenvalue weighted by Crippen LogP contribution is 2.25. The fourth-order valence-corrected chi connectivity index (χ4v) is 1.90. The van der Waals surface area contributed by atoms with Gasteiger partial charge in [-0.15, -0.1) is 0 Å². The Morgan fingerprint density at radius 3 is 2.89 bits per heavy atom. The lowest BCUT2D eigenvalue weighted by atomic mass is 9.91. The summed E-state index contributed by atoms with van der Waals surface area (Å²) in [6.45, 7) is 1.73. The summed E-state index contributed by atoms with van der Waals surface area (Å²) in [4.78, 5) is 4.21. The molecule has 4 nitrogen and oxygen atoms in total. The number of imidazole rings is 1. The molecule has 0 aliphatic rings. The zero-order valence-corrected chi connectivity index (χ0v) is 10.5. The van der Waals surface area contributed by atoms with E-state index in [9.17, 15) is 5.11 Å². The molecule has 0 amide bonds. The molecule has 0 radical (unpaired) electrons. The minimum absolute atomic E-state index is 0.408. The molecule has 1 aromatic heterocycles. The van der Waals surface area contributed by atoms with Crippen LogP contribution in [-0.4, -0.2) is 14.7 Å². The van der Waals surface area contributed by atoms with Crippen molar-refractivity contribution in [2.45, 2.75) is 18.9 Å². The Morgan fingerprint density at radius 1 is 1.50 bits per heavy atom. The molecule has 2 rings (SSSR count). The molecule has 0 saturated heterocycles. The number of nitriles is 1. The third-order valence-electron chi connectivity index (χ3n) is 3.04. The van der Waals surface area contributed by atoms with Gasteiger partial charge in [0.1, 0.15) is 5.82 Å². The van der Waals surface area contributed by atoms with Crippen molar-refractivity contribution < 1.29 is 5.11 Å². The van der Waals surface area contributed by atoms with Gasteiger partial charge in [0, 0.05) is 25.9 Å². The highest BCUT2D eigenvalue weighted by Gasteiger charge is 2.25. The monoisotopic (exact) mass is 241 g/mol. The molecular formula is C14H15N3O. The first-order chi connectivity index (χ1) is 8.53. The number of aryl methyl sites for hydroxylation is 1. The normalized spacial score (nSPS) is 13.9. The van der Waals surface area contributed by atoms with Crippen LogP contribution in [0.5, 0.6) is 0 Å². The van der Waals surface area contributed by atoms with Crippen molar-refractivity contribution in [1.82, 2.24) is 9.55 Å². The Morgan fingerprint density at radius 2 is 2.28 bits per heavy atom. The van der Waals surface area contributed by atoms with Gasteiger partial charge in [-0.25, -0.2) is 4.98 Å². The number of hydrogen-bond donors (Lipinski definition) is 1. The SMILES string of the molecule is Cn1ccnc1CC(C)(O)c1cccc(C#N)c1. The molecule has 0 aliphatic heterocycles. The summed E-state index contributed by atoms with van der Waals surface area (Å²) < 4.78 is 1.88. The number of nitrogens with zero attached hydrogens (tertiary/aromatic N) is 3. The lowest BCUT2D eigenvalue weighted by Crippen LogP contribution is -2.26. The quantitative estimate of drug-likeness (QED) is 0.890. The maximum atomic E-state index is 10.5. The van der Waals surface area contributed by atoms with Crippen LogP contribution in [0.15, 0.2) is 36.7 Å². The van der Waals surface area contributed by atoms with Gasteiger partial charge < -0.3 is 9.67 Å². The average molecular weight is 241 g/mol. The number of aromatic nitrogens is 2. The summed E-state index contributed by atoms with van der Waals surface area (Å²) in [5, 5.41) is 19.4. The van der Waals surface area contributed by atoms with E-state index >= 15 is 0 Å². The molecule has 1 atom stereocenters. The van der Waals surface area contributed by atoms with Crippen LogP contribution in [0.4, 0.5) is 0 Å². The van der Waals surface area contributed by atoms with E-state index in [1.54, 1.807) is 31.3 Å². The third kappa shape index (κ3) is 2.41. The minimum atomic E-state index is -1.04. The third-order valence-corrected chi connectivity index (χ3v) is 3.04. The maximum Gasteiger partial charge on any atom is 0.111 e. The maximum absolute atomic E-state index is 10.5. The van der Waals surface area contributed by atoms with E-state index in [4.69, 9.17) is 5.26 Å². The molecule has 0 spiro atoms. The van der Waals surface area contributed by atoms with Crippen molar-refractivity contribution in [3.8, 4) is 6.07 Å². The molecule has 4 heteroatoms. The lowest BCUT2D eigenvalue weighted by molar-refractivity contribution is 0.0547. The van der Waals surface area contributed by atoms with E-state index < -0.39 is 5.60 Å². The standard InChI is InChI=1S/C14H15N3O/c1-14(18,9-13-16-6-7-17(13)2)12-5-3-4-11(8-12)10-15/h3-8,18H,9H2,1-2H3. The molecule has 1 aromatic carbocycles. The Kier molecular flexibility index (Phi) is 3.17. The average Bonchev–Trinajstić information content (AvgIpc) is 2.74. The van der Waals surface area contributed by atoms with Gasteiger partial charge in [0.25, 0.3) is 0 Å². The number of rotatable bonds is 3. The smallest absolute Gasteiger partial charge is 0.111 e. The molecule has 2 aromatic rings. The summed E-state index contributed by atoms with van der Waals surface area (Å²) in [7, 11) is 1.89. The molecule has 0 aliphatic carbocycles. The van der Waals surface area contributed by atoms with Crippen molar-refractivity contribution in [2.24, 2.45) is 7.05 Å². The Labute approximate surface area is 106 Å². The highest BCUT2D eigenvalue weighted by molar-refractivity contribution is 5.35. The second kappa shape index (κ2) is 4.63. The summed E-state index contributed by atoms with van der Waals surface area (Å²) >= 11 is 0. The van der Waals surface area contributed by atoms with E-state index in [0.717, 1.165) is 11.4 Å². The zero-order valence-electron chi connectivity index (χ0n) is 10.5. The summed E-state index contributed by atoms with van der Waals surface area (Å²) in [6.07, 6.45) is 3.96. The molecule has 18 heavy (non-hydrogen) atoms. The van der Waals surface area contributed by atoms with Gasteiger partial charge in [0.05, 0.1) is 17.2 Å². The molecule has 0 saturated carbocycles. The van der Waals surface area contributed by atoms with Gasteiger partial charge in [-0.1, -0.05) is 12.1 Å². The topological polar surface area (TPSA) is 61.8 Å². The van der Waals surface area contributed by atoms with Crippen LogP contribution < -0.4 is 0 Å². The minimum Gasteiger partial charge on any atom is -0.385 e. The fraction of sp³-hybridized carbons (Fsp3) is 0.286. The fourth-order valence-electron chi connectivity index (χ4n) is 1.90. The predicted octanol–water partition coefficient (Wildman–Crippen LogP) is 1.74. The lowest BCUT2D eigenvalue weighted by Gasteiger charge is -2.23. The van der Waals surface area contributed by atoms with Crippen LogP contribution in [0.25, 0.3) is 0 Å². The second-order valence-corrected chi connectivity index (χ2v) is 4.60. The van der Waals surface area contributed by atoms with Gasteiger partial charge in [-0.05, 0) is 24.6 Å². The van der Waals surface area contributed by atoms with Crippen molar-refractivity contribution in [1.29, 1.82) is 5.26 Å². The van der Waals surface area contributed by atoms with Gasteiger partial charge in [0.15, 0.2) is 0 Å². The number of aliphatic hydroxyl groups is 1. The summed E-state index contributed by atoms with van der Waals surface area (Å²) in [5.74, 6) is 0.808. The first-order valence-electron chi connectivity index (χ1n) is 5.72. The zero-order chi connectivity index (χ0) is 13.2. The summed E-state index contributed by atoms with van der Waals surface area (Å²) in [5.41, 5.74) is 0.239. The Hall–Kier alpha value is -2.12. The van der Waals surface area contributed by atoms with Crippen LogP contribution >= 0.6 is 0 Å².